The maximum Gasteiger partial charge on any atom is 0.00669 e. The molecule has 0 aromatic rings. The highest BCUT2D eigenvalue weighted by molar-refractivity contribution is 7.99. The first-order valence-electron chi connectivity index (χ1n) is 7.37. The minimum absolute atomic E-state index is 0.824. The fraction of sp³-hybridized carbons (Fsp3) is 1.00. The molecule has 1 heterocycles. The van der Waals surface area contributed by atoms with Crippen molar-refractivity contribution in [2.75, 3.05) is 37.7 Å². The molecule has 0 spiro atoms. The van der Waals surface area contributed by atoms with Crippen LogP contribution < -0.4 is 5.32 Å². The van der Waals surface area contributed by atoms with Gasteiger partial charge in [-0.1, -0.05) is 13.3 Å². The van der Waals surface area contributed by atoms with Gasteiger partial charge in [0.05, 0.1) is 0 Å². The number of nitrogens with zero attached hydrogens (tertiary/aromatic N) is 1. The summed E-state index contributed by atoms with van der Waals surface area (Å²) < 4.78 is 0. The van der Waals surface area contributed by atoms with Crippen LogP contribution in [0, 0.1) is 0 Å². The number of hydrogen-bond donors (Lipinski definition) is 1. The molecule has 102 valence electrons. The molecule has 17 heavy (non-hydrogen) atoms. The van der Waals surface area contributed by atoms with Crippen LogP contribution in [-0.4, -0.2) is 48.6 Å². The van der Waals surface area contributed by atoms with Crippen LogP contribution >= 0.6 is 11.8 Å². The van der Waals surface area contributed by atoms with E-state index in [9.17, 15) is 0 Å². The van der Waals surface area contributed by atoms with Gasteiger partial charge >= 0.3 is 0 Å². The third-order valence-electron chi connectivity index (χ3n) is 3.59. The van der Waals surface area contributed by atoms with Gasteiger partial charge in [-0.25, -0.2) is 0 Å². The van der Waals surface area contributed by atoms with Crippen LogP contribution in [0.5, 0.6) is 0 Å². The Morgan fingerprint density at radius 2 is 2.06 bits per heavy atom. The fourth-order valence-corrected chi connectivity index (χ4v) is 3.10. The first-order chi connectivity index (χ1) is 8.34. The average molecular weight is 258 g/mol. The third-order valence-corrected chi connectivity index (χ3v) is 4.57. The van der Waals surface area contributed by atoms with Crippen molar-refractivity contribution in [2.45, 2.75) is 52.0 Å². The van der Waals surface area contributed by atoms with Gasteiger partial charge in [-0.3, -0.25) is 0 Å². The number of piperidine rings is 1. The highest BCUT2D eigenvalue weighted by Crippen LogP contribution is 2.15. The van der Waals surface area contributed by atoms with E-state index < -0.39 is 0 Å². The van der Waals surface area contributed by atoms with Crippen LogP contribution in [-0.2, 0) is 0 Å². The molecule has 0 aromatic heterocycles. The summed E-state index contributed by atoms with van der Waals surface area (Å²) in [7, 11) is 0. The molecule has 1 aliphatic rings. The van der Waals surface area contributed by atoms with Gasteiger partial charge in [0.2, 0.25) is 0 Å². The van der Waals surface area contributed by atoms with Gasteiger partial charge in [0.15, 0.2) is 0 Å². The van der Waals surface area contributed by atoms with Crippen molar-refractivity contribution >= 4 is 11.8 Å². The van der Waals surface area contributed by atoms with Crippen LogP contribution in [0.15, 0.2) is 0 Å². The first-order valence-corrected chi connectivity index (χ1v) is 8.52. The quantitative estimate of drug-likeness (QED) is 0.640. The summed E-state index contributed by atoms with van der Waals surface area (Å²) in [5.41, 5.74) is 0. The molecule has 1 N–H and O–H groups in total. The topological polar surface area (TPSA) is 15.3 Å². The van der Waals surface area contributed by atoms with Crippen molar-refractivity contribution < 1.29 is 0 Å². The Morgan fingerprint density at radius 3 is 2.82 bits per heavy atom. The van der Waals surface area contributed by atoms with E-state index in [0.29, 0.717) is 0 Å². The summed E-state index contributed by atoms with van der Waals surface area (Å²) in [5, 5.41) is 3.56. The lowest BCUT2D eigenvalue weighted by Gasteiger charge is -2.33. The largest absolute Gasteiger partial charge is 0.317 e. The number of thioether (sulfide) groups is 1. The van der Waals surface area contributed by atoms with Crippen molar-refractivity contribution in [1.29, 1.82) is 0 Å². The normalized spacial score (nSPS) is 21.9. The van der Waals surface area contributed by atoms with E-state index in [0.717, 1.165) is 6.04 Å². The second kappa shape index (κ2) is 10.2. The molecule has 1 atom stereocenters. The van der Waals surface area contributed by atoms with Crippen LogP contribution in [0.3, 0.4) is 0 Å². The van der Waals surface area contributed by atoms with Crippen LogP contribution in [0.2, 0.25) is 0 Å². The summed E-state index contributed by atoms with van der Waals surface area (Å²) in [6.45, 7) is 9.63. The SMILES string of the molecule is CCSCCCNCCCN1CCCCC1C. The molecule has 3 heteroatoms. The van der Waals surface area contributed by atoms with E-state index in [1.807, 2.05) is 11.8 Å². The zero-order valence-corrected chi connectivity index (χ0v) is 12.5. The van der Waals surface area contributed by atoms with E-state index in [1.165, 1.54) is 69.8 Å². The molecule has 0 radical (unpaired) electrons. The molecular weight excluding hydrogens is 228 g/mol. The Kier molecular flexibility index (Phi) is 9.21. The Hall–Kier alpha value is 0.270. The Morgan fingerprint density at radius 1 is 1.24 bits per heavy atom. The minimum Gasteiger partial charge on any atom is -0.317 e. The molecule has 1 aliphatic heterocycles. The molecule has 2 nitrogen and oxygen atoms in total. The smallest absolute Gasteiger partial charge is 0.00669 e. The third kappa shape index (κ3) is 7.32. The van der Waals surface area contributed by atoms with E-state index >= 15 is 0 Å². The zero-order valence-electron chi connectivity index (χ0n) is 11.7. The summed E-state index contributed by atoms with van der Waals surface area (Å²) in [5.74, 6) is 2.57. The van der Waals surface area contributed by atoms with Gasteiger partial charge in [0, 0.05) is 6.04 Å². The second-order valence-electron chi connectivity index (χ2n) is 5.03. The summed E-state index contributed by atoms with van der Waals surface area (Å²) in [4.78, 5) is 2.66. The summed E-state index contributed by atoms with van der Waals surface area (Å²) >= 11 is 2.05. The number of nitrogens with one attached hydrogen (secondary N) is 1. The van der Waals surface area contributed by atoms with Gasteiger partial charge < -0.3 is 10.2 Å². The monoisotopic (exact) mass is 258 g/mol. The molecule has 0 saturated carbocycles. The molecule has 0 amide bonds. The maximum absolute atomic E-state index is 3.56. The Labute approximate surface area is 112 Å². The highest BCUT2D eigenvalue weighted by Gasteiger charge is 2.16. The maximum atomic E-state index is 3.56. The number of hydrogen-bond acceptors (Lipinski definition) is 3. The van der Waals surface area contributed by atoms with E-state index in [-0.39, 0.29) is 0 Å². The molecule has 1 saturated heterocycles. The molecular formula is C14H30N2S. The summed E-state index contributed by atoms with van der Waals surface area (Å²) in [6, 6.07) is 0.824. The lowest BCUT2D eigenvalue weighted by Crippen LogP contribution is -2.38. The Balaban J connectivity index is 1.86. The molecule has 1 unspecified atom stereocenters. The summed E-state index contributed by atoms with van der Waals surface area (Å²) in [6.07, 6.45) is 6.88. The second-order valence-corrected chi connectivity index (χ2v) is 6.43. The van der Waals surface area contributed by atoms with E-state index in [1.54, 1.807) is 0 Å². The van der Waals surface area contributed by atoms with Crippen LogP contribution in [0.25, 0.3) is 0 Å². The van der Waals surface area contributed by atoms with Crippen molar-refractivity contribution in [2.24, 2.45) is 0 Å². The van der Waals surface area contributed by atoms with Crippen molar-refractivity contribution in [3.63, 3.8) is 0 Å². The molecule has 0 bridgehead atoms. The van der Waals surface area contributed by atoms with Crippen LogP contribution in [0.1, 0.15) is 46.0 Å². The lowest BCUT2D eigenvalue weighted by atomic mass is 10.0. The zero-order chi connectivity index (χ0) is 12.3. The van der Waals surface area contributed by atoms with Gasteiger partial charge in [0.25, 0.3) is 0 Å². The lowest BCUT2D eigenvalue weighted by molar-refractivity contribution is 0.159. The predicted molar refractivity (Wildman–Crippen MR) is 80.0 cm³/mol. The highest BCUT2D eigenvalue weighted by atomic mass is 32.2. The van der Waals surface area contributed by atoms with Crippen molar-refractivity contribution in [3.05, 3.63) is 0 Å². The first kappa shape index (κ1) is 15.3. The Bertz CT molecular complexity index is 176. The van der Waals surface area contributed by atoms with Gasteiger partial charge in [-0.05, 0) is 70.3 Å². The number of rotatable bonds is 9. The van der Waals surface area contributed by atoms with Gasteiger partial charge in [0.1, 0.15) is 0 Å². The fourth-order valence-electron chi connectivity index (χ4n) is 2.47. The van der Waals surface area contributed by atoms with E-state index in [2.05, 4.69) is 24.1 Å². The molecule has 0 aromatic carbocycles. The van der Waals surface area contributed by atoms with Gasteiger partial charge in [-0.15, -0.1) is 0 Å². The molecule has 1 fully saturated rings. The predicted octanol–water partition coefficient (Wildman–Crippen LogP) is 2.98. The minimum atomic E-state index is 0.824. The van der Waals surface area contributed by atoms with Crippen molar-refractivity contribution in [3.8, 4) is 0 Å². The van der Waals surface area contributed by atoms with Crippen LogP contribution in [0.4, 0.5) is 0 Å². The van der Waals surface area contributed by atoms with Crippen molar-refractivity contribution in [1.82, 2.24) is 10.2 Å². The number of likely N-dealkylation sites (tertiary alicyclic amines) is 1. The average Bonchev–Trinajstić information content (AvgIpc) is 2.35. The van der Waals surface area contributed by atoms with Gasteiger partial charge in [-0.2, -0.15) is 11.8 Å². The molecule has 0 aliphatic carbocycles. The molecule has 1 rings (SSSR count). The van der Waals surface area contributed by atoms with E-state index in [4.69, 9.17) is 0 Å². The standard InChI is InChI=1S/C14H30N2S/c1-3-17-13-7-10-15-9-6-12-16-11-5-4-8-14(16)2/h14-15H,3-13H2,1-2H3.